The van der Waals surface area contributed by atoms with E-state index in [0.717, 1.165) is 5.57 Å². The monoisotopic (exact) mass is 759 g/mol. The largest absolute Gasteiger partial charge is 0.508 e. The van der Waals surface area contributed by atoms with E-state index in [2.05, 4.69) is 5.32 Å². The van der Waals surface area contributed by atoms with E-state index in [1.54, 1.807) is 32.1 Å². The van der Waals surface area contributed by atoms with E-state index in [0.29, 0.717) is 36.9 Å². The van der Waals surface area contributed by atoms with E-state index in [-0.39, 0.29) is 60.7 Å². The lowest BCUT2D eigenvalue weighted by Crippen LogP contribution is -2.69. The number of hydrogen-bond acceptors (Lipinski definition) is 11. The van der Waals surface area contributed by atoms with Crippen LogP contribution >= 0.6 is 11.6 Å². The van der Waals surface area contributed by atoms with Crippen LogP contribution in [0.15, 0.2) is 42.0 Å². The molecule has 0 spiro atoms. The highest BCUT2D eigenvalue weighted by molar-refractivity contribution is 6.26. The van der Waals surface area contributed by atoms with Gasteiger partial charge < -0.3 is 35.2 Å². The predicted molar refractivity (Wildman–Crippen MR) is 200 cm³/mol. The summed E-state index contributed by atoms with van der Waals surface area (Å²) in [5.41, 5.74) is -1.21. The van der Waals surface area contributed by atoms with Crippen molar-refractivity contribution in [1.82, 2.24) is 5.32 Å². The van der Waals surface area contributed by atoms with E-state index >= 15 is 0 Å². The zero-order valence-corrected chi connectivity index (χ0v) is 33.1. The number of fused-ring (bicyclic) bond motifs is 5. The van der Waals surface area contributed by atoms with E-state index in [1.165, 1.54) is 12.1 Å². The summed E-state index contributed by atoms with van der Waals surface area (Å²) in [6.07, 6.45) is 5.53. The molecule has 294 valence electrons. The van der Waals surface area contributed by atoms with Gasteiger partial charge in [0.1, 0.15) is 5.75 Å². The summed E-state index contributed by atoms with van der Waals surface area (Å²) in [6.45, 7) is 14.9. The van der Waals surface area contributed by atoms with Crippen LogP contribution in [0.2, 0.25) is 0 Å². The van der Waals surface area contributed by atoms with Crippen molar-refractivity contribution in [2.45, 2.75) is 129 Å². The molecule has 1 aromatic rings. The number of esters is 2. The van der Waals surface area contributed by atoms with E-state index in [9.17, 15) is 34.5 Å². The highest BCUT2D eigenvalue weighted by atomic mass is 35.5. The number of ketones is 2. The molecule has 0 saturated heterocycles. The Morgan fingerprint density at radius 1 is 1.09 bits per heavy atom. The second-order valence-electron chi connectivity index (χ2n) is 16.6. The summed E-state index contributed by atoms with van der Waals surface area (Å²) in [6, 6.07) is 4.76. The smallest absolute Gasteiger partial charge is 0.306 e. The van der Waals surface area contributed by atoms with Crippen molar-refractivity contribution in [3.05, 3.63) is 53.1 Å². The van der Waals surface area contributed by atoms with Crippen molar-refractivity contribution in [3.63, 3.8) is 0 Å². The molecule has 1 aromatic carbocycles. The highest BCUT2D eigenvalue weighted by Gasteiger charge is 2.76. The Morgan fingerprint density at radius 3 is 2.36 bits per heavy atom. The van der Waals surface area contributed by atoms with Gasteiger partial charge in [0.05, 0.1) is 23.7 Å². The van der Waals surface area contributed by atoms with E-state index < -0.39 is 57.8 Å². The average Bonchev–Trinajstić information content (AvgIpc) is 3.32. The number of alkyl halides is 1. The maximum Gasteiger partial charge on any atom is 0.306 e. The first-order valence-corrected chi connectivity index (χ1v) is 19.1. The van der Waals surface area contributed by atoms with Gasteiger partial charge in [-0.05, 0) is 88.1 Å². The van der Waals surface area contributed by atoms with Crippen molar-refractivity contribution >= 4 is 35.1 Å². The van der Waals surface area contributed by atoms with E-state index in [4.69, 9.17) is 26.2 Å². The minimum absolute atomic E-state index is 0.0484. The molecule has 11 nitrogen and oxygen atoms in total. The maximum atomic E-state index is 13.9. The Hall–Kier alpha value is -3.09. The number of carbonyl (C=O) groups excluding carboxylic acids is 4. The fraction of sp³-hybridized carbons (Fsp3) is 0.659. The number of phenols is 1. The summed E-state index contributed by atoms with van der Waals surface area (Å²) in [5, 5.41) is 43.4. The third-order valence-electron chi connectivity index (χ3n) is 12.3. The lowest BCUT2D eigenvalue weighted by atomic mass is 9.45. The van der Waals surface area contributed by atoms with Crippen LogP contribution in [0.5, 0.6) is 5.75 Å². The van der Waals surface area contributed by atoms with Gasteiger partial charge in [-0.2, -0.15) is 0 Å². The highest BCUT2D eigenvalue weighted by Crippen LogP contribution is 2.72. The van der Waals surface area contributed by atoms with Crippen molar-refractivity contribution in [3.8, 4) is 5.75 Å². The first kappa shape index (κ1) is 42.6. The van der Waals surface area contributed by atoms with Crippen molar-refractivity contribution < 1.29 is 49.1 Å². The van der Waals surface area contributed by atoms with Crippen LogP contribution in [0, 0.1) is 28.6 Å². The number of aromatic hydroxyl groups is 1. The van der Waals surface area contributed by atoms with Crippen LogP contribution in [-0.4, -0.2) is 79.2 Å². The zero-order valence-electron chi connectivity index (χ0n) is 32.3. The molecule has 0 heterocycles. The lowest BCUT2D eigenvalue weighted by molar-refractivity contribution is -0.203. The third-order valence-corrected chi connectivity index (χ3v) is 13.2. The van der Waals surface area contributed by atoms with Gasteiger partial charge in [-0.15, -0.1) is 11.6 Å². The number of hydrogen-bond donors (Lipinski definition) is 5. The van der Waals surface area contributed by atoms with Crippen molar-refractivity contribution in [2.75, 3.05) is 13.2 Å². The number of halogens is 1. The molecule has 2 unspecified atom stereocenters. The van der Waals surface area contributed by atoms with Gasteiger partial charge >= 0.3 is 11.9 Å². The lowest BCUT2D eigenvalue weighted by Gasteiger charge is -2.64. The molecule has 0 amide bonds. The van der Waals surface area contributed by atoms with Crippen LogP contribution in [0.3, 0.4) is 0 Å². The molecule has 0 bridgehead atoms. The molecule has 4 aliphatic carbocycles. The van der Waals surface area contributed by atoms with Crippen LogP contribution in [0.25, 0.3) is 0 Å². The van der Waals surface area contributed by atoms with Gasteiger partial charge in [0, 0.05) is 47.2 Å². The first-order chi connectivity index (χ1) is 24.6. The predicted octanol–water partition coefficient (Wildman–Crippen LogP) is 5.39. The SMILES string of the molecule is CC(C)(C)NCC(O)c1ccc(O)c(CO)c1.CCC(=O)OCC(=O)[C@@]1(OC(=O)CC)[C@@H](C)C[C@H]2[C@@H]3CCC4=CC(=O)C=C[C@]4(C)C3(Cl)[C@@H](O)C[C@@]21C. The Kier molecular flexibility index (Phi) is 12.8. The summed E-state index contributed by atoms with van der Waals surface area (Å²) < 4.78 is 11.3. The molecule has 12 heteroatoms. The fourth-order valence-electron chi connectivity index (χ4n) is 9.47. The molecule has 0 radical (unpaired) electrons. The number of Topliss-reactive ketones (excluding diaryl/α,β-unsaturated/α-hetero) is 1. The second-order valence-corrected chi connectivity index (χ2v) is 17.2. The number of aliphatic hydroxyl groups excluding tert-OH is 3. The number of rotatable bonds is 10. The minimum Gasteiger partial charge on any atom is -0.508 e. The van der Waals surface area contributed by atoms with Gasteiger partial charge in [0.25, 0.3) is 0 Å². The van der Waals surface area contributed by atoms with Crippen molar-refractivity contribution in [2.24, 2.45) is 28.6 Å². The number of benzene rings is 1. The summed E-state index contributed by atoms with van der Waals surface area (Å²) in [4.78, 5) is 49.5. The molecule has 0 aromatic heterocycles. The van der Waals surface area contributed by atoms with Gasteiger partial charge in [-0.25, -0.2) is 0 Å². The molecular formula is C41H58ClNO10. The number of β-amino-alcohol motifs (C(OH)–C–C–N with tert-alkyl or cyclic N) is 1. The summed E-state index contributed by atoms with van der Waals surface area (Å²) in [7, 11) is 0. The number of allylic oxidation sites excluding steroid dienone is 4. The van der Waals surface area contributed by atoms with Gasteiger partial charge in [0.2, 0.25) is 5.78 Å². The van der Waals surface area contributed by atoms with Gasteiger partial charge in [-0.1, -0.05) is 52.3 Å². The van der Waals surface area contributed by atoms with Gasteiger partial charge in [0.15, 0.2) is 18.0 Å². The zero-order chi connectivity index (χ0) is 39.7. The molecule has 5 rings (SSSR count). The molecular weight excluding hydrogens is 702 g/mol. The third kappa shape index (κ3) is 7.74. The van der Waals surface area contributed by atoms with Gasteiger partial charge in [-0.3, -0.25) is 19.2 Å². The molecule has 53 heavy (non-hydrogen) atoms. The Balaban J connectivity index is 0.000000310. The number of carbonyl (C=O) groups is 4. The number of aliphatic hydroxyl groups is 3. The normalized spacial score (nSPS) is 33.7. The molecule has 4 aliphatic rings. The topological polar surface area (TPSA) is 180 Å². The van der Waals surface area contributed by atoms with Crippen LogP contribution in [0.4, 0.5) is 0 Å². The average molecular weight is 760 g/mol. The summed E-state index contributed by atoms with van der Waals surface area (Å²) in [5.74, 6) is -2.19. The molecule has 3 fully saturated rings. The summed E-state index contributed by atoms with van der Waals surface area (Å²) >= 11 is 7.48. The van der Waals surface area contributed by atoms with Crippen LogP contribution in [-0.2, 0) is 35.3 Å². The Bertz CT molecular complexity index is 1630. The minimum atomic E-state index is -1.55. The van der Waals surface area contributed by atoms with Crippen molar-refractivity contribution in [1.29, 1.82) is 0 Å². The van der Waals surface area contributed by atoms with Crippen LogP contribution in [0.1, 0.15) is 111 Å². The second kappa shape index (κ2) is 15.9. The molecule has 3 saturated carbocycles. The number of nitrogens with one attached hydrogen (secondary N) is 1. The molecule has 0 aliphatic heterocycles. The van der Waals surface area contributed by atoms with Crippen LogP contribution < -0.4 is 5.32 Å². The molecule has 9 atom stereocenters. The van der Waals surface area contributed by atoms with E-state index in [1.807, 2.05) is 47.6 Å². The molecule has 5 N–H and O–H groups in total. The standard InChI is InChI=1S/C28H37ClO7.C13H21NO3/c1-6-23(33)35-15-22(32)28(36-24(34)7-2)16(3)12-20-19-9-8-17-13-18(30)10-11-25(17,4)27(19,29)21(31)14-26(20,28)5;1-13(2,3)14-7-12(17)9-4-5-11(16)10(6-9)8-15/h10-11,13,16,19-21,31H,6-9,12,14-15H2,1-5H3;4-6,12,14-17H,7-8H2,1-3H3/t16-,19-,20-,21-,25-,26-,27?,28-;/m0./s1. The first-order valence-electron chi connectivity index (χ1n) is 18.7. The quantitative estimate of drug-likeness (QED) is 0.153. The Labute approximate surface area is 318 Å². The maximum absolute atomic E-state index is 13.9. The fourth-order valence-corrected chi connectivity index (χ4v) is 9.99. The Morgan fingerprint density at radius 2 is 1.75 bits per heavy atom. The number of ether oxygens (including phenoxy) is 2.